The van der Waals surface area contributed by atoms with Gasteiger partial charge in [-0.05, 0) is 18.6 Å². The minimum atomic E-state index is -0.0594. The van der Waals surface area contributed by atoms with Crippen LogP contribution >= 0.6 is 23.5 Å². The zero-order valence-corrected chi connectivity index (χ0v) is 12.1. The van der Waals surface area contributed by atoms with Gasteiger partial charge in [0.1, 0.15) is 0 Å². The molecule has 3 rings (SSSR count). The van der Waals surface area contributed by atoms with E-state index in [1.165, 1.54) is 6.20 Å². The van der Waals surface area contributed by atoms with Gasteiger partial charge in [-0.25, -0.2) is 0 Å². The Morgan fingerprint density at radius 1 is 1.42 bits per heavy atom. The summed E-state index contributed by atoms with van der Waals surface area (Å²) in [6.07, 6.45) is 2.51. The summed E-state index contributed by atoms with van der Waals surface area (Å²) in [4.78, 5) is 15.5. The number of anilines is 1. The topological polar surface area (TPSA) is 46.1 Å². The van der Waals surface area contributed by atoms with Crippen LogP contribution in [0.5, 0.6) is 0 Å². The van der Waals surface area contributed by atoms with Crippen LogP contribution in [0.4, 0.5) is 5.69 Å². The smallest absolute Gasteiger partial charge is 0.279 e. The van der Waals surface area contributed by atoms with Gasteiger partial charge in [-0.2, -0.15) is 8.75 Å². The highest BCUT2D eigenvalue weighted by atomic mass is 32.2. The third-order valence-corrected chi connectivity index (χ3v) is 4.78. The fourth-order valence-corrected chi connectivity index (χ4v) is 3.62. The number of amides is 1. The molecule has 0 aliphatic carbocycles. The van der Waals surface area contributed by atoms with E-state index in [0.717, 1.165) is 35.3 Å². The summed E-state index contributed by atoms with van der Waals surface area (Å²) in [5.41, 5.74) is 1.41. The van der Waals surface area contributed by atoms with Gasteiger partial charge < -0.3 is 4.90 Å². The Morgan fingerprint density at radius 2 is 2.26 bits per heavy atom. The summed E-state index contributed by atoms with van der Waals surface area (Å²) in [7, 11) is 0. The first-order valence-corrected chi connectivity index (χ1v) is 7.72. The standard InChI is InChI=1S/C13H13N3OS2/c1-9-6-7-16(13(17)10-8-14-19-15-10)11-4-2-3-5-12(11)18-9/h2-5,8-9H,6-7H2,1H3/t9-/m0/s1. The van der Waals surface area contributed by atoms with Crippen LogP contribution in [0.3, 0.4) is 0 Å². The Balaban J connectivity index is 2.00. The zero-order chi connectivity index (χ0) is 13.2. The SMILES string of the molecule is C[C@H]1CCN(C(=O)c2cnsn2)c2ccccc2S1. The molecule has 1 aliphatic heterocycles. The molecule has 0 N–H and O–H groups in total. The van der Waals surface area contributed by atoms with Crippen molar-refractivity contribution in [2.45, 2.75) is 23.5 Å². The predicted octanol–water partition coefficient (Wildman–Crippen LogP) is 3.07. The molecular formula is C13H13N3OS2. The number of carbonyl (C=O) groups is 1. The molecule has 19 heavy (non-hydrogen) atoms. The number of hydrogen-bond donors (Lipinski definition) is 0. The zero-order valence-electron chi connectivity index (χ0n) is 10.4. The summed E-state index contributed by atoms with van der Waals surface area (Å²) < 4.78 is 7.96. The van der Waals surface area contributed by atoms with Gasteiger partial charge in [0, 0.05) is 16.7 Å². The van der Waals surface area contributed by atoms with Gasteiger partial charge in [0.25, 0.3) is 5.91 Å². The number of para-hydroxylation sites is 1. The molecule has 1 aliphatic rings. The highest BCUT2D eigenvalue weighted by Gasteiger charge is 2.26. The van der Waals surface area contributed by atoms with Crippen molar-refractivity contribution in [3.8, 4) is 0 Å². The van der Waals surface area contributed by atoms with Crippen molar-refractivity contribution in [2.24, 2.45) is 0 Å². The first kappa shape index (κ1) is 12.6. The quantitative estimate of drug-likeness (QED) is 0.810. The van der Waals surface area contributed by atoms with Gasteiger partial charge >= 0.3 is 0 Å². The third kappa shape index (κ3) is 2.50. The minimum Gasteiger partial charge on any atom is -0.306 e. The lowest BCUT2D eigenvalue weighted by Gasteiger charge is -2.21. The van der Waals surface area contributed by atoms with Gasteiger partial charge in [0.05, 0.1) is 23.6 Å². The van der Waals surface area contributed by atoms with Crippen molar-refractivity contribution >= 4 is 35.1 Å². The molecule has 1 aromatic heterocycles. The van der Waals surface area contributed by atoms with Crippen molar-refractivity contribution in [3.05, 3.63) is 36.2 Å². The molecule has 0 fully saturated rings. The second-order valence-electron chi connectivity index (χ2n) is 4.43. The fraction of sp³-hybridized carbons (Fsp3) is 0.308. The molecule has 0 bridgehead atoms. The van der Waals surface area contributed by atoms with Crippen molar-refractivity contribution in [1.82, 2.24) is 8.75 Å². The molecule has 98 valence electrons. The molecule has 2 heterocycles. The van der Waals surface area contributed by atoms with E-state index in [9.17, 15) is 4.79 Å². The first-order valence-electron chi connectivity index (χ1n) is 6.11. The van der Waals surface area contributed by atoms with Crippen molar-refractivity contribution in [3.63, 3.8) is 0 Å². The number of hydrogen-bond acceptors (Lipinski definition) is 5. The minimum absolute atomic E-state index is 0.0594. The van der Waals surface area contributed by atoms with Gasteiger partial charge in [-0.3, -0.25) is 4.79 Å². The number of carbonyl (C=O) groups excluding carboxylic acids is 1. The molecule has 0 radical (unpaired) electrons. The summed E-state index contributed by atoms with van der Waals surface area (Å²) in [6, 6.07) is 8.05. The van der Waals surface area contributed by atoms with E-state index in [-0.39, 0.29) is 5.91 Å². The number of aromatic nitrogens is 2. The normalized spacial score (nSPS) is 18.8. The van der Waals surface area contributed by atoms with E-state index in [1.807, 2.05) is 34.9 Å². The van der Waals surface area contributed by atoms with Crippen LogP contribution in [-0.4, -0.2) is 26.4 Å². The monoisotopic (exact) mass is 291 g/mol. The van der Waals surface area contributed by atoms with Crippen LogP contribution in [0.2, 0.25) is 0 Å². The predicted molar refractivity (Wildman–Crippen MR) is 78.0 cm³/mol. The van der Waals surface area contributed by atoms with E-state index in [4.69, 9.17) is 0 Å². The van der Waals surface area contributed by atoms with Crippen molar-refractivity contribution < 1.29 is 4.79 Å². The molecule has 0 saturated carbocycles. The summed E-state index contributed by atoms with van der Waals surface area (Å²) in [5.74, 6) is -0.0594. The number of fused-ring (bicyclic) bond motifs is 1. The summed E-state index contributed by atoms with van der Waals surface area (Å²) >= 11 is 2.89. The Kier molecular flexibility index (Phi) is 3.52. The Bertz CT molecular complexity index is 585. The summed E-state index contributed by atoms with van der Waals surface area (Å²) in [5, 5.41) is 0.507. The Morgan fingerprint density at radius 3 is 3.05 bits per heavy atom. The molecule has 1 atom stereocenters. The lowest BCUT2D eigenvalue weighted by molar-refractivity contribution is 0.0982. The Hall–Kier alpha value is -1.40. The van der Waals surface area contributed by atoms with E-state index in [0.29, 0.717) is 10.9 Å². The maximum Gasteiger partial charge on any atom is 0.279 e. The number of thioether (sulfide) groups is 1. The molecule has 0 saturated heterocycles. The average molecular weight is 291 g/mol. The van der Waals surface area contributed by atoms with Crippen LogP contribution in [0.15, 0.2) is 35.4 Å². The molecule has 4 nitrogen and oxygen atoms in total. The van der Waals surface area contributed by atoms with Crippen LogP contribution in [-0.2, 0) is 0 Å². The van der Waals surface area contributed by atoms with Crippen LogP contribution in [0.1, 0.15) is 23.8 Å². The number of rotatable bonds is 1. The lowest BCUT2D eigenvalue weighted by atomic mass is 10.2. The van der Waals surface area contributed by atoms with Crippen molar-refractivity contribution in [1.29, 1.82) is 0 Å². The maximum atomic E-state index is 12.5. The molecule has 6 heteroatoms. The van der Waals surface area contributed by atoms with E-state index in [2.05, 4.69) is 21.7 Å². The Labute approximate surface area is 120 Å². The highest BCUT2D eigenvalue weighted by Crippen LogP contribution is 2.37. The second-order valence-corrected chi connectivity index (χ2v) is 6.47. The molecule has 0 unspecified atom stereocenters. The molecule has 0 spiro atoms. The van der Waals surface area contributed by atoms with Crippen LogP contribution in [0, 0.1) is 0 Å². The largest absolute Gasteiger partial charge is 0.306 e. The molecule has 1 aromatic carbocycles. The first-order chi connectivity index (χ1) is 9.25. The van der Waals surface area contributed by atoms with E-state index >= 15 is 0 Å². The number of benzene rings is 1. The lowest BCUT2D eigenvalue weighted by Crippen LogP contribution is -2.32. The van der Waals surface area contributed by atoms with Gasteiger partial charge in [0.15, 0.2) is 5.69 Å². The van der Waals surface area contributed by atoms with E-state index < -0.39 is 0 Å². The highest BCUT2D eigenvalue weighted by molar-refractivity contribution is 8.00. The molecule has 1 amide bonds. The van der Waals surface area contributed by atoms with Gasteiger partial charge in [0.2, 0.25) is 0 Å². The van der Waals surface area contributed by atoms with Gasteiger partial charge in [-0.15, -0.1) is 11.8 Å². The third-order valence-electron chi connectivity index (χ3n) is 3.07. The molecular weight excluding hydrogens is 278 g/mol. The van der Waals surface area contributed by atoms with E-state index in [1.54, 1.807) is 0 Å². The average Bonchev–Trinajstić information content (AvgIpc) is 2.89. The van der Waals surface area contributed by atoms with Crippen LogP contribution in [0.25, 0.3) is 0 Å². The van der Waals surface area contributed by atoms with Crippen molar-refractivity contribution in [2.75, 3.05) is 11.4 Å². The summed E-state index contributed by atoms with van der Waals surface area (Å²) in [6.45, 7) is 2.92. The second kappa shape index (κ2) is 5.30. The fourth-order valence-electron chi connectivity index (χ4n) is 2.09. The van der Waals surface area contributed by atoms with Gasteiger partial charge in [-0.1, -0.05) is 19.1 Å². The maximum absolute atomic E-state index is 12.5. The molecule has 2 aromatic rings. The number of nitrogens with zero attached hydrogens (tertiary/aromatic N) is 3. The van der Waals surface area contributed by atoms with Crippen LogP contribution < -0.4 is 4.90 Å².